The molecule has 0 bridgehead atoms. The van der Waals surface area contributed by atoms with Crippen LogP contribution in [0.25, 0.3) is 0 Å². The minimum Gasteiger partial charge on any atom is -0.396 e. The summed E-state index contributed by atoms with van der Waals surface area (Å²) in [4.78, 5) is 11.1. The maximum Gasteiger partial charge on any atom is 0.150 e. The van der Waals surface area contributed by atoms with Crippen molar-refractivity contribution in [3.8, 4) is 0 Å². The number of aliphatic hydroxyl groups is 1. The van der Waals surface area contributed by atoms with Crippen LogP contribution in [0.4, 0.5) is 0 Å². The van der Waals surface area contributed by atoms with E-state index in [9.17, 15) is 13.2 Å². The molecule has 0 heterocycles. The molecule has 0 aliphatic carbocycles. The molecular formula is C9H18O4S. The predicted octanol–water partition coefficient (Wildman–Crippen LogP) is 0.543. The van der Waals surface area contributed by atoms with Crippen molar-refractivity contribution in [3.63, 3.8) is 0 Å². The Morgan fingerprint density at radius 3 is 2.29 bits per heavy atom. The van der Waals surface area contributed by atoms with Gasteiger partial charge in [-0.3, -0.25) is 4.79 Å². The van der Waals surface area contributed by atoms with Crippen LogP contribution in [0, 0.1) is 0 Å². The van der Waals surface area contributed by atoms with Gasteiger partial charge in [0.2, 0.25) is 0 Å². The molecule has 0 aromatic carbocycles. The highest BCUT2D eigenvalue weighted by atomic mass is 32.2. The molecule has 0 aromatic rings. The summed E-state index contributed by atoms with van der Waals surface area (Å²) in [6.07, 6.45) is 1.53. The summed E-state index contributed by atoms with van der Waals surface area (Å²) in [5, 5.41) is 8.46. The minimum absolute atomic E-state index is 0.0129. The molecule has 84 valence electrons. The molecule has 0 saturated heterocycles. The fraction of sp³-hybridized carbons (Fsp3) is 0.889. The van der Waals surface area contributed by atoms with Crippen LogP contribution in [0.1, 0.15) is 32.6 Å². The molecule has 0 aliphatic heterocycles. The lowest BCUT2D eigenvalue weighted by Crippen LogP contribution is -2.10. The molecule has 0 atom stereocenters. The van der Waals surface area contributed by atoms with Gasteiger partial charge in [0.15, 0.2) is 0 Å². The van der Waals surface area contributed by atoms with Crippen LogP contribution < -0.4 is 0 Å². The molecule has 0 fully saturated rings. The molecule has 0 aromatic heterocycles. The lowest BCUT2D eigenvalue weighted by atomic mass is 10.1. The van der Waals surface area contributed by atoms with Crippen molar-refractivity contribution >= 4 is 15.6 Å². The van der Waals surface area contributed by atoms with E-state index in [0.29, 0.717) is 25.7 Å². The monoisotopic (exact) mass is 222 g/mol. The van der Waals surface area contributed by atoms with E-state index in [2.05, 4.69) is 0 Å². The number of carbonyl (C=O) groups excluding carboxylic acids is 1. The predicted molar refractivity (Wildman–Crippen MR) is 54.9 cm³/mol. The quantitative estimate of drug-likeness (QED) is 0.650. The van der Waals surface area contributed by atoms with E-state index in [1.807, 2.05) is 0 Å². The zero-order chi connectivity index (χ0) is 11.0. The topological polar surface area (TPSA) is 71.4 Å². The van der Waals surface area contributed by atoms with Gasteiger partial charge >= 0.3 is 0 Å². The van der Waals surface area contributed by atoms with Crippen LogP contribution in [-0.2, 0) is 14.6 Å². The van der Waals surface area contributed by atoms with E-state index < -0.39 is 9.84 Å². The molecular weight excluding hydrogens is 204 g/mol. The number of carbonyl (C=O) groups is 1. The van der Waals surface area contributed by atoms with Gasteiger partial charge in [-0.15, -0.1) is 0 Å². The fourth-order valence-electron chi connectivity index (χ4n) is 1.03. The third-order valence-corrected chi connectivity index (χ3v) is 3.75. The number of hydrogen-bond donors (Lipinski definition) is 1. The Labute approximate surface area is 85.2 Å². The van der Waals surface area contributed by atoms with Crippen molar-refractivity contribution in [2.75, 3.05) is 18.1 Å². The van der Waals surface area contributed by atoms with Crippen molar-refractivity contribution in [1.82, 2.24) is 0 Å². The second-order valence-corrected chi connectivity index (χ2v) is 5.68. The minimum atomic E-state index is -2.94. The van der Waals surface area contributed by atoms with Gasteiger partial charge in [-0.25, -0.2) is 8.42 Å². The van der Waals surface area contributed by atoms with Crippen molar-refractivity contribution in [2.45, 2.75) is 32.6 Å². The number of Topliss-reactive ketones (excluding diaryl/α,β-unsaturated/α-hetero) is 1. The second-order valence-electron chi connectivity index (χ2n) is 3.21. The first-order chi connectivity index (χ1) is 6.52. The molecule has 0 rings (SSSR count). The average Bonchev–Trinajstić information content (AvgIpc) is 2.14. The van der Waals surface area contributed by atoms with Gasteiger partial charge in [-0.1, -0.05) is 6.92 Å². The number of hydrogen-bond acceptors (Lipinski definition) is 4. The summed E-state index contributed by atoms with van der Waals surface area (Å²) in [5.74, 6) is 0.261. The summed E-state index contributed by atoms with van der Waals surface area (Å²) in [7, 11) is -2.94. The highest BCUT2D eigenvalue weighted by molar-refractivity contribution is 7.91. The highest BCUT2D eigenvalue weighted by Crippen LogP contribution is 2.01. The zero-order valence-electron chi connectivity index (χ0n) is 8.53. The molecule has 0 amide bonds. The highest BCUT2D eigenvalue weighted by Gasteiger charge is 2.08. The Morgan fingerprint density at radius 1 is 1.21 bits per heavy atom. The summed E-state index contributed by atoms with van der Waals surface area (Å²) < 4.78 is 22.1. The molecule has 5 heteroatoms. The lowest BCUT2D eigenvalue weighted by Gasteiger charge is -2.00. The molecule has 0 saturated carbocycles. The third kappa shape index (κ3) is 7.03. The van der Waals surface area contributed by atoms with Crippen molar-refractivity contribution in [2.24, 2.45) is 0 Å². The maximum absolute atomic E-state index is 11.1. The standard InChI is InChI=1S/C9H18O4S/c1-2-14(12,13)8-4-6-9(11)5-3-7-10/h10H,2-8H2,1H3. The first-order valence-corrected chi connectivity index (χ1v) is 6.67. The summed E-state index contributed by atoms with van der Waals surface area (Å²) >= 11 is 0. The molecule has 14 heavy (non-hydrogen) atoms. The Hall–Kier alpha value is -0.420. The van der Waals surface area contributed by atoms with Crippen molar-refractivity contribution in [1.29, 1.82) is 0 Å². The van der Waals surface area contributed by atoms with E-state index in [4.69, 9.17) is 5.11 Å². The number of sulfone groups is 1. The van der Waals surface area contributed by atoms with Crippen LogP contribution in [-0.4, -0.2) is 37.4 Å². The van der Waals surface area contributed by atoms with Crippen molar-refractivity contribution < 1.29 is 18.3 Å². The van der Waals surface area contributed by atoms with E-state index >= 15 is 0 Å². The molecule has 0 radical (unpaired) electrons. The maximum atomic E-state index is 11.1. The second kappa shape index (κ2) is 6.95. The molecule has 0 spiro atoms. The summed E-state index contributed by atoms with van der Waals surface area (Å²) in [6.45, 7) is 1.61. The molecule has 0 unspecified atom stereocenters. The van der Waals surface area contributed by atoms with E-state index in [-0.39, 0.29) is 23.9 Å². The number of rotatable bonds is 8. The van der Waals surface area contributed by atoms with E-state index in [0.717, 1.165) is 0 Å². The number of ketones is 1. The molecule has 1 N–H and O–H groups in total. The van der Waals surface area contributed by atoms with Crippen LogP contribution >= 0.6 is 0 Å². The van der Waals surface area contributed by atoms with Gasteiger partial charge in [0.1, 0.15) is 15.6 Å². The van der Waals surface area contributed by atoms with Gasteiger partial charge in [0.25, 0.3) is 0 Å². The van der Waals surface area contributed by atoms with E-state index in [1.54, 1.807) is 6.92 Å². The Balaban J connectivity index is 3.59. The Kier molecular flexibility index (Phi) is 6.74. The molecule has 0 aliphatic rings. The molecule has 4 nitrogen and oxygen atoms in total. The largest absolute Gasteiger partial charge is 0.396 e. The van der Waals surface area contributed by atoms with Crippen LogP contribution in [0.15, 0.2) is 0 Å². The van der Waals surface area contributed by atoms with E-state index in [1.165, 1.54) is 0 Å². The number of aliphatic hydroxyl groups excluding tert-OH is 1. The van der Waals surface area contributed by atoms with Crippen LogP contribution in [0.2, 0.25) is 0 Å². The van der Waals surface area contributed by atoms with Gasteiger partial charge in [-0.2, -0.15) is 0 Å². The Bertz CT molecular complexity index is 256. The van der Waals surface area contributed by atoms with Crippen molar-refractivity contribution in [3.05, 3.63) is 0 Å². The van der Waals surface area contributed by atoms with Gasteiger partial charge < -0.3 is 5.11 Å². The third-order valence-electron chi connectivity index (χ3n) is 1.96. The van der Waals surface area contributed by atoms with Gasteiger partial charge in [0, 0.05) is 25.2 Å². The zero-order valence-corrected chi connectivity index (χ0v) is 9.35. The van der Waals surface area contributed by atoms with Crippen LogP contribution in [0.5, 0.6) is 0 Å². The summed E-state index contributed by atoms with van der Waals surface area (Å²) in [5.41, 5.74) is 0. The first-order valence-electron chi connectivity index (χ1n) is 4.85. The first kappa shape index (κ1) is 13.6. The smallest absolute Gasteiger partial charge is 0.150 e. The van der Waals surface area contributed by atoms with Gasteiger partial charge in [0.05, 0.1) is 5.75 Å². The fourth-order valence-corrected chi connectivity index (χ4v) is 1.91. The van der Waals surface area contributed by atoms with Gasteiger partial charge in [-0.05, 0) is 12.8 Å². The summed E-state index contributed by atoms with van der Waals surface area (Å²) in [6, 6.07) is 0. The average molecular weight is 222 g/mol. The SMILES string of the molecule is CCS(=O)(=O)CCCC(=O)CCCO. The lowest BCUT2D eigenvalue weighted by molar-refractivity contribution is -0.119. The normalized spacial score (nSPS) is 11.6. The van der Waals surface area contributed by atoms with Crippen LogP contribution in [0.3, 0.4) is 0 Å². The Morgan fingerprint density at radius 2 is 1.79 bits per heavy atom.